The van der Waals surface area contributed by atoms with Crippen LogP contribution in [0.1, 0.15) is 30.6 Å². The van der Waals surface area contributed by atoms with Crippen LogP contribution in [0.3, 0.4) is 0 Å². The number of ether oxygens (including phenoxy) is 1. The van der Waals surface area contributed by atoms with Crippen LogP contribution in [-0.4, -0.2) is 18.3 Å². The van der Waals surface area contributed by atoms with Crippen LogP contribution < -0.4 is 0 Å². The van der Waals surface area contributed by atoms with Crippen molar-refractivity contribution in [1.29, 1.82) is 0 Å². The van der Waals surface area contributed by atoms with Crippen LogP contribution in [0.4, 0.5) is 4.39 Å². The number of aryl methyl sites for hydroxylation is 1. The Morgan fingerprint density at radius 1 is 1.47 bits per heavy atom. The highest BCUT2D eigenvalue weighted by Crippen LogP contribution is 2.22. The smallest absolute Gasteiger partial charge is 0.126 e. The zero-order valence-corrected chi connectivity index (χ0v) is 9.33. The summed E-state index contributed by atoms with van der Waals surface area (Å²) >= 11 is 0. The normalized spacial score (nSPS) is 15.0. The second-order valence-corrected chi connectivity index (χ2v) is 3.64. The molecule has 2 atom stereocenters. The van der Waals surface area contributed by atoms with Crippen LogP contribution in [0.5, 0.6) is 0 Å². The Labute approximate surface area is 89.7 Å². The molecule has 0 heterocycles. The van der Waals surface area contributed by atoms with Gasteiger partial charge in [0.15, 0.2) is 0 Å². The van der Waals surface area contributed by atoms with Crippen molar-refractivity contribution in [3.63, 3.8) is 0 Å². The van der Waals surface area contributed by atoms with E-state index >= 15 is 0 Å². The van der Waals surface area contributed by atoms with Crippen molar-refractivity contribution in [2.24, 2.45) is 0 Å². The maximum atomic E-state index is 13.3. The van der Waals surface area contributed by atoms with E-state index in [1.807, 2.05) is 6.92 Å². The molecule has 0 amide bonds. The predicted molar refractivity (Wildman–Crippen MR) is 57.2 cm³/mol. The molecule has 0 saturated heterocycles. The van der Waals surface area contributed by atoms with E-state index in [1.165, 1.54) is 6.07 Å². The van der Waals surface area contributed by atoms with Crippen molar-refractivity contribution in [3.8, 4) is 0 Å². The summed E-state index contributed by atoms with van der Waals surface area (Å²) < 4.78 is 18.4. The highest BCUT2D eigenvalue weighted by atomic mass is 19.1. The summed E-state index contributed by atoms with van der Waals surface area (Å²) in [5.74, 6) is -0.294. The fraction of sp³-hybridized carbons (Fsp3) is 0.500. The SMILES string of the molecule is CCC(OC)C(O)c1ccc(C)c(F)c1. The van der Waals surface area contributed by atoms with E-state index in [4.69, 9.17) is 4.74 Å². The zero-order chi connectivity index (χ0) is 11.4. The summed E-state index contributed by atoms with van der Waals surface area (Å²) in [6.07, 6.45) is -0.366. The predicted octanol–water partition coefficient (Wildman–Crippen LogP) is 2.59. The first-order chi connectivity index (χ1) is 7.10. The van der Waals surface area contributed by atoms with E-state index < -0.39 is 6.10 Å². The minimum atomic E-state index is -0.768. The molecule has 0 bridgehead atoms. The van der Waals surface area contributed by atoms with Crippen LogP contribution >= 0.6 is 0 Å². The molecule has 0 spiro atoms. The van der Waals surface area contributed by atoms with Gasteiger partial charge in [0.2, 0.25) is 0 Å². The lowest BCUT2D eigenvalue weighted by Crippen LogP contribution is -2.20. The molecule has 0 aromatic heterocycles. The number of aliphatic hydroxyl groups excluding tert-OH is 1. The Morgan fingerprint density at radius 3 is 2.60 bits per heavy atom. The molecule has 0 aliphatic heterocycles. The Kier molecular flexibility index (Phi) is 4.24. The third kappa shape index (κ3) is 2.76. The Hall–Kier alpha value is -0.930. The molecule has 15 heavy (non-hydrogen) atoms. The molecular formula is C12H17FO2. The Morgan fingerprint density at radius 2 is 2.13 bits per heavy atom. The highest BCUT2D eigenvalue weighted by Gasteiger charge is 2.19. The molecule has 1 aromatic carbocycles. The molecule has 0 aliphatic rings. The minimum absolute atomic E-state index is 0.285. The fourth-order valence-corrected chi connectivity index (χ4v) is 1.53. The molecule has 2 nitrogen and oxygen atoms in total. The second-order valence-electron chi connectivity index (χ2n) is 3.64. The summed E-state index contributed by atoms with van der Waals surface area (Å²) in [7, 11) is 1.54. The van der Waals surface area contributed by atoms with Crippen LogP contribution in [0.15, 0.2) is 18.2 Å². The van der Waals surface area contributed by atoms with E-state index in [0.29, 0.717) is 17.5 Å². The lowest BCUT2D eigenvalue weighted by molar-refractivity contribution is -0.0150. The molecule has 0 aliphatic carbocycles. The average Bonchev–Trinajstić information content (AvgIpc) is 2.23. The summed E-state index contributed by atoms with van der Waals surface area (Å²) in [5.41, 5.74) is 1.14. The number of halogens is 1. The van der Waals surface area contributed by atoms with Crippen molar-refractivity contribution in [3.05, 3.63) is 35.1 Å². The fourth-order valence-electron chi connectivity index (χ4n) is 1.53. The molecule has 0 radical (unpaired) electrons. The van der Waals surface area contributed by atoms with Gasteiger partial charge in [0.25, 0.3) is 0 Å². The molecule has 0 saturated carbocycles. The first-order valence-electron chi connectivity index (χ1n) is 5.07. The number of methoxy groups -OCH3 is 1. The maximum absolute atomic E-state index is 13.3. The largest absolute Gasteiger partial charge is 0.386 e. The molecule has 1 N–H and O–H groups in total. The highest BCUT2D eigenvalue weighted by molar-refractivity contribution is 5.25. The maximum Gasteiger partial charge on any atom is 0.126 e. The summed E-state index contributed by atoms with van der Waals surface area (Å²) in [5, 5.41) is 9.90. The van der Waals surface area contributed by atoms with Gasteiger partial charge >= 0.3 is 0 Å². The number of hydrogen-bond acceptors (Lipinski definition) is 2. The van der Waals surface area contributed by atoms with Gasteiger partial charge in [-0.15, -0.1) is 0 Å². The molecule has 2 unspecified atom stereocenters. The summed E-state index contributed by atoms with van der Waals surface area (Å²) in [6.45, 7) is 3.61. The monoisotopic (exact) mass is 212 g/mol. The van der Waals surface area contributed by atoms with Gasteiger partial charge in [-0.2, -0.15) is 0 Å². The molecular weight excluding hydrogens is 195 g/mol. The third-order valence-corrected chi connectivity index (χ3v) is 2.59. The van der Waals surface area contributed by atoms with Crippen molar-refractivity contribution in [2.45, 2.75) is 32.5 Å². The summed E-state index contributed by atoms with van der Waals surface area (Å²) in [6, 6.07) is 4.75. The van der Waals surface area contributed by atoms with Gasteiger partial charge in [-0.25, -0.2) is 4.39 Å². The molecule has 0 fully saturated rings. The zero-order valence-electron chi connectivity index (χ0n) is 9.33. The van der Waals surface area contributed by atoms with Crippen molar-refractivity contribution in [2.75, 3.05) is 7.11 Å². The van der Waals surface area contributed by atoms with Gasteiger partial charge in [0.1, 0.15) is 11.9 Å². The van der Waals surface area contributed by atoms with Crippen LogP contribution in [0.25, 0.3) is 0 Å². The van der Waals surface area contributed by atoms with Crippen molar-refractivity contribution >= 4 is 0 Å². The van der Waals surface area contributed by atoms with Crippen LogP contribution in [0, 0.1) is 12.7 Å². The first kappa shape index (κ1) is 12.1. The number of aliphatic hydroxyl groups is 1. The second kappa shape index (κ2) is 5.24. The minimum Gasteiger partial charge on any atom is -0.386 e. The lowest BCUT2D eigenvalue weighted by Gasteiger charge is -2.20. The lowest BCUT2D eigenvalue weighted by atomic mass is 10.0. The van der Waals surface area contributed by atoms with E-state index in [0.717, 1.165) is 0 Å². The van der Waals surface area contributed by atoms with Crippen molar-refractivity contribution < 1.29 is 14.2 Å². The van der Waals surface area contributed by atoms with Gasteiger partial charge < -0.3 is 9.84 Å². The average molecular weight is 212 g/mol. The molecule has 1 aromatic rings. The molecule has 1 rings (SSSR count). The topological polar surface area (TPSA) is 29.5 Å². The van der Waals surface area contributed by atoms with Crippen LogP contribution in [-0.2, 0) is 4.74 Å². The van der Waals surface area contributed by atoms with E-state index in [1.54, 1.807) is 26.2 Å². The van der Waals surface area contributed by atoms with Gasteiger partial charge in [0, 0.05) is 7.11 Å². The number of benzene rings is 1. The van der Waals surface area contributed by atoms with E-state index in [9.17, 15) is 9.50 Å². The van der Waals surface area contributed by atoms with Gasteiger partial charge in [-0.05, 0) is 30.5 Å². The third-order valence-electron chi connectivity index (χ3n) is 2.59. The van der Waals surface area contributed by atoms with E-state index in [2.05, 4.69) is 0 Å². The molecule has 3 heteroatoms. The Balaban J connectivity index is 2.90. The van der Waals surface area contributed by atoms with Gasteiger partial charge in [0.05, 0.1) is 6.10 Å². The van der Waals surface area contributed by atoms with Crippen LogP contribution in [0.2, 0.25) is 0 Å². The van der Waals surface area contributed by atoms with E-state index in [-0.39, 0.29) is 11.9 Å². The standard InChI is InChI=1S/C12H17FO2/c1-4-11(15-3)12(14)9-6-5-8(2)10(13)7-9/h5-7,11-12,14H,4H2,1-3H3. The quantitative estimate of drug-likeness (QED) is 0.831. The summed E-state index contributed by atoms with van der Waals surface area (Å²) in [4.78, 5) is 0. The molecule has 84 valence electrons. The van der Waals surface area contributed by atoms with Gasteiger partial charge in [-0.3, -0.25) is 0 Å². The van der Waals surface area contributed by atoms with Gasteiger partial charge in [-0.1, -0.05) is 19.1 Å². The van der Waals surface area contributed by atoms with Crippen molar-refractivity contribution in [1.82, 2.24) is 0 Å². The number of rotatable bonds is 4. The Bertz CT molecular complexity index is 321. The first-order valence-corrected chi connectivity index (χ1v) is 5.07. The number of hydrogen-bond donors (Lipinski definition) is 1.